The number of hydrogen-bond acceptors (Lipinski definition) is 3. The van der Waals surface area contributed by atoms with E-state index >= 15 is 0 Å². The van der Waals surface area contributed by atoms with Crippen LogP contribution < -0.4 is 10.1 Å². The van der Waals surface area contributed by atoms with Crippen molar-refractivity contribution in [3.05, 3.63) is 52.6 Å². The number of benzene rings is 1. The number of aromatic nitrogens is 1. The number of nitrogens with zero attached hydrogens (tertiary/aromatic N) is 1. The second kappa shape index (κ2) is 7.78. The summed E-state index contributed by atoms with van der Waals surface area (Å²) < 4.78 is 6.32. The zero-order chi connectivity index (χ0) is 15.1. The van der Waals surface area contributed by atoms with Gasteiger partial charge in [0.1, 0.15) is 11.6 Å². The molecule has 1 aromatic carbocycles. The van der Waals surface area contributed by atoms with Gasteiger partial charge in [-0.2, -0.15) is 0 Å². The van der Waals surface area contributed by atoms with Crippen LogP contribution in [0.4, 0.5) is 5.82 Å². The Balaban J connectivity index is 1.98. The van der Waals surface area contributed by atoms with Gasteiger partial charge in [0.2, 0.25) is 0 Å². The number of ether oxygens (including phenoxy) is 1. The fourth-order valence-electron chi connectivity index (χ4n) is 1.69. The third kappa shape index (κ3) is 4.56. The van der Waals surface area contributed by atoms with Crippen molar-refractivity contribution in [1.29, 1.82) is 0 Å². The van der Waals surface area contributed by atoms with Crippen molar-refractivity contribution in [3.63, 3.8) is 0 Å². The molecule has 5 heteroatoms. The third-order valence-corrected chi connectivity index (χ3v) is 3.51. The molecule has 0 saturated heterocycles. The minimum absolute atomic E-state index is 0.200. The van der Waals surface area contributed by atoms with E-state index in [0.717, 1.165) is 23.1 Å². The Kier molecular flexibility index (Phi) is 5.75. The molecule has 4 nitrogen and oxygen atoms in total. The van der Waals surface area contributed by atoms with Gasteiger partial charge in [0.25, 0.3) is 5.91 Å². The van der Waals surface area contributed by atoms with Crippen molar-refractivity contribution in [1.82, 2.24) is 4.98 Å². The van der Waals surface area contributed by atoms with Crippen LogP contribution in [0, 0.1) is 0 Å². The SMILES string of the molecule is CCCCOc1ccc(C(=O)Nc2ncccc2Br)cc1. The smallest absolute Gasteiger partial charge is 0.256 e. The van der Waals surface area contributed by atoms with Crippen LogP contribution in [-0.4, -0.2) is 17.5 Å². The molecule has 0 aliphatic carbocycles. The molecule has 1 amide bonds. The van der Waals surface area contributed by atoms with Crippen molar-refractivity contribution in [3.8, 4) is 5.75 Å². The largest absolute Gasteiger partial charge is 0.494 e. The van der Waals surface area contributed by atoms with Crippen LogP contribution in [0.1, 0.15) is 30.1 Å². The Morgan fingerprint density at radius 1 is 1.29 bits per heavy atom. The summed E-state index contributed by atoms with van der Waals surface area (Å²) in [6.07, 6.45) is 3.75. The summed E-state index contributed by atoms with van der Waals surface area (Å²) in [5.74, 6) is 1.08. The molecule has 0 spiro atoms. The Bertz CT molecular complexity index is 599. The maximum Gasteiger partial charge on any atom is 0.256 e. The Morgan fingerprint density at radius 2 is 2.05 bits per heavy atom. The molecular formula is C16H17BrN2O2. The highest BCUT2D eigenvalue weighted by molar-refractivity contribution is 9.10. The lowest BCUT2D eigenvalue weighted by Crippen LogP contribution is -2.13. The topological polar surface area (TPSA) is 51.2 Å². The van der Waals surface area contributed by atoms with Gasteiger partial charge < -0.3 is 10.1 Å². The average Bonchev–Trinajstić information content (AvgIpc) is 2.50. The third-order valence-electron chi connectivity index (χ3n) is 2.87. The highest BCUT2D eigenvalue weighted by atomic mass is 79.9. The van der Waals surface area contributed by atoms with Gasteiger partial charge in [0.15, 0.2) is 0 Å². The van der Waals surface area contributed by atoms with Gasteiger partial charge in [-0.3, -0.25) is 4.79 Å². The first-order valence-corrected chi connectivity index (χ1v) is 7.64. The number of anilines is 1. The molecule has 0 bridgehead atoms. The van der Waals surface area contributed by atoms with Crippen molar-refractivity contribution in [2.24, 2.45) is 0 Å². The van der Waals surface area contributed by atoms with Gasteiger partial charge >= 0.3 is 0 Å². The summed E-state index contributed by atoms with van der Waals surface area (Å²) in [6, 6.07) is 10.7. The molecule has 0 unspecified atom stereocenters. The van der Waals surface area contributed by atoms with Gasteiger partial charge in [-0.25, -0.2) is 4.98 Å². The van der Waals surface area contributed by atoms with Crippen LogP contribution in [0.3, 0.4) is 0 Å². The highest BCUT2D eigenvalue weighted by Crippen LogP contribution is 2.19. The molecule has 1 aromatic heterocycles. The summed E-state index contributed by atoms with van der Waals surface area (Å²) in [5.41, 5.74) is 0.565. The average molecular weight is 349 g/mol. The second-order valence-electron chi connectivity index (χ2n) is 4.51. The van der Waals surface area contributed by atoms with Crippen molar-refractivity contribution >= 4 is 27.7 Å². The second-order valence-corrected chi connectivity index (χ2v) is 5.37. The number of halogens is 1. The molecular weight excluding hydrogens is 332 g/mol. The number of nitrogens with one attached hydrogen (secondary N) is 1. The molecule has 0 radical (unpaired) electrons. The predicted molar refractivity (Wildman–Crippen MR) is 86.7 cm³/mol. The van der Waals surface area contributed by atoms with Crippen LogP contribution in [-0.2, 0) is 0 Å². The van der Waals surface area contributed by atoms with Crippen molar-refractivity contribution in [2.75, 3.05) is 11.9 Å². The summed E-state index contributed by atoms with van der Waals surface area (Å²) in [5, 5.41) is 2.76. The normalized spacial score (nSPS) is 10.2. The van der Waals surface area contributed by atoms with E-state index < -0.39 is 0 Å². The van der Waals surface area contributed by atoms with E-state index in [1.165, 1.54) is 0 Å². The zero-order valence-electron chi connectivity index (χ0n) is 11.8. The summed E-state index contributed by atoms with van der Waals surface area (Å²) in [6.45, 7) is 2.81. The Morgan fingerprint density at radius 3 is 2.71 bits per heavy atom. The van der Waals surface area contributed by atoms with Crippen molar-refractivity contribution < 1.29 is 9.53 Å². The summed E-state index contributed by atoms with van der Waals surface area (Å²) in [4.78, 5) is 16.2. The quantitative estimate of drug-likeness (QED) is 0.792. The molecule has 0 saturated carbocycles. The maximum absolute atomic E-state index is 12.1. The van der Waals surface area contributed by atoms with Gasteiger partial charge in [0.05, 0.1) is 11.1 Å². The maximum atomic E-state index is 12.1. The first-order chi connectivity index (χ1) is 10.2. The van der Waals surface area contributed by atoms with E-state index in [1.807, 2.05) is 6.07 Å². The number of amides is 1. The minimum Gasteiger partial charge on any atom is -0.494 e. The molecule has 110 valence electrons. The summed E-state index contributed by atoms with van der Waals surface area (Å²) in [7, 11) is 0. The zero-order valence-corrected chi connectivity index (χ0v) is 13.4. The minimum atomic E-state index is -0.200. The molecule has 21 heavy (non-hydrogen) atoms. The lowest BCUT2D eigenvalue weighted by Gasteiger charge is -2.08. The van der Waals surface area contributed by atoms with Gasteiger partial charge in [-0.1, -0.05) is 13.3 Å². The van der Waals surface area contributed by atoms with E-state index in [4.69, 9.17) is 4.74 Å². The lowest BCUT2D eigenvalue weighted by atomic mass is 10.2. The molecule has 2 rings (SSSR count). The lowest BCUT2D eigenvalue weighted by molar-refractivity contribution is 0.102. The van der Waals surface area contributed by atoms with E-state index in [0.29, 0.717) is 18.0 Å². The Hall–Kier alpha value is -1.88. The standard InChI is InChI=1S/C16H17BrN2O2/c1-2-3-11-21-13-8-6-12(7-9-13)16(20)19-15-14(17)5-4-10-18-15/h4-10H,2-3,11H2,1H3,(H,18,19,20). The number of rotatable bonds is 6. The molecule has 1 heterocycles. The highest BCUT2D eigenvalue weighted by Gasteiger charge is 2.09. The number of hydrogen-bond donors (Lipinski definition) is 1. The first-order valence-electron chi connectivity index (χ1n) is 6.85. The molecule has 0 fully saturated rings. The number of pyridine rings is 1. The van der Waals surface area contributed by atoms with Crippen LogP contribution in [0.5, 0.6) is 5.75 Å². The first kappa shape index (κ1) is 15.5. The predicted octanol–water partition coefficient (Wildman–Crippen LogP) is 4.28. The molecule has 0 aliphatic rings. The van der Waals surface area contributed by atoms with Crippen LogP contribution in [0.2, 0.25) is 0 Å². The van der Waals surface area contributed by atoms with E-state index in [-0.39, 0.29) is 5.91 Å². The fraction of sp³-hybridized carbons (Fsp3) is 0.250. The van der Waals surface area contributed by atoms with E-state index in [9.17, 15) is 4.79 Å². The fourth-order valence-corrected chi connectivity index (χ4v) is 2.05. The molecule has 1 N–H and O–H groups in total. The Labute approximate surface area is 132 Å². The van der Waals surface area contributed by atoms with E-state index in [1.54, 1.807) is 36.5 Å². The molecule has 0 aliphatic heterocycles. The number of unbranched alkanes of at least 4 members (excludes halogenated alkanes) is 1. The van der Waals surface area contributed by atoms with Crippen LogP contribution in [0.25, 0.3) is 0 Å². The van der Waals surface area contributed by atoms with Gasteiger partial charge in [-0.05, 0) is 58.7 Å². The number of carbonyl (C=O) groups is 1. The van der Waals surface area contributed by atoms with E-state index in [2.05, 4.69) is 33.2 Å². The van der Waals surface area contributed by atoms with Crippen molar-refractivity contribution in [2.45, 2.75) is 19.8 Å². The molecule has 2 aromatic rings. The number of carbonyl (C=O) groups excluding carboxylic acids is 1. The van der Waals surface area contributed by atoms with Crippen LogP contribution in [0.15, 0.2) is 47.1 Å². The summed E-state index contributed by atoms with van der Waals surface area (Å²) >= 11 is 3.35. The van der Waals surface area contributed by atoms with Crippen LogP contribution >= 0.6 is 15.9 Å². The molecule has 0 atom stereocenters. The monoisotopic (exact) mass is 348 g/mol. The van der Waals surface area contributed by atoms with Gasteiger partial charge in [0, 0.05) is 11.8 Å². The van der Waals surface area contributed by atoms with Gasteiger partial charge in [-0.15, -0.1) is 0 Å².